The summed E-state index contributed by atoms with van der Waals surface area (Å²) >= 11 is 1.45. The Morgan fingerprint density at radius 3 is 2.89 bits per heavy atom. The van der Waals surface area contributed by atoms with E-state index < -0.39 is 5.60 Å². The summed E-state index contributed by atoms with van der Waals surface area (Å²) in [5.74, 6) is 0. The Labute approximate surface area is 114 Å². The highest BCUT2D eigenvalue weighted by Crippen LogP contribution is 2.21. The van der Waals surface area contributed by atoms with E-state index in [9.17, 15) is 9.90 Å². The van der Waals surface area contributed by atoms with Crippen LogP contribution in [0.5, 0.6) is 0 Å². The molecule has 1 aliphatic heterocycles. The van der Waals surface area contributed by atoms with E-state index in [0.29, 0.717) is 24.6 Å². The molecule has 2 aromatic heterocycles. The molecule has 0 bridgehead atoms. The molecule has 1 fully saturated rings. The first-order valence-electron chi connectivity index (χ1n) is 6.30. The van der Waals surface area contributed by atoms with Crippen LogP contribution in [0.1, 0.15) is 24.5 Å². The number of rotatable bonds is 3. The molecule has 0 aliphatic carbocycles. The molecule has 0 aromatic carbocycles. The molecule has 1 N–H and O–H groups in total. The molecule has 0 spiro atoms. The number of aryl methyl sites for hydroxylation is 1. The van der Waals surface area contributed by atoms with E-state index in [1.54, 1.807) is 0 Å². The third-order valence-corrected chi connectivity index (χ3v) is 4.21. The molecule has 1 saturated heterocycles. The van der Waals surface area contributed by atoms with E-state index in [2.05, 4.69) is 15.0 Å². The number of β-amino-alcohol motifs (C(OH)–C–C–N with tert-alkyl or cyclic N) is 1. The molecule has 0 amide bonds. The van der Waals surface area contributed by atoms with Crippen LogP contribution in [0.2, 0.25) is 0 Å². The van der Waals surface area contributed by atoms with Crippen LogP contribution >= 0.6 is 11.3 Å². The van der Waals surface area contributed by atoms with Gasteiger partial charge in [-0.25, -0.2) is 4.98 Å². The normalized spacial score (nSPS) is 18.7. The Morgan fingerprint density at radius 2 is 2.26 bits per heavy atom. The molecule has 102 valence electrons. The van der Waals surface area contributed by atoms with Gasteiger partial charge in [-0.1, -0.05) is 18.3 Å². The molecular formula is C12H16N4O2S. The van der Waals surface area contributed by atoms with Crippen LogP contribution in [0.3, 0.4) is 0 Å². The van der Waals surface area contributed by atoms with Gasteiger partial charge in [-0.15, -0.1) is 0 Å². The van der Waals surface area contributed by atoms with Crippen molar-refractivity contribution in [2.24, 2.45) is 0 Å². The Bertz CT molecular complexity index is 668. The van der Waals surface area contributed by atoms with Crippen molar-refractivity contribution >= 4 is 16.3 Å². The Hall–Kier alpha value is -1.31. The van der Waals surface area contributed by atoms with Gasteiger partial charge in [-0.3, -0.25) is 9.69 Å². The summed E-state index contributed by atoms with van der Waals surface area (Å²) < 4.78 is 1.36. The van der Waals surface area contributed by atoms with Crippen molar-refractivity contribution in [3.05, 3.63) is 27.1 Å². The van der Waals surface area contributed by atoms with Crippen molar-refractivity contribution in [2.75, 3.05) is 13.1 Å². The largest absolute Gasteiger partial charge is 0.388 e. The van der Waals surface area contributed by atoms with Gasteiger partial charge in [0.2, 0.25) is 4.96 Å². The molecule has 0 unspecified atom stereocenters. The molecule has 0 radical (unpaired) electrons. The van der Waals surface area contributed by atoms with Gasteiger partial charge in [0.05, 0.1) is 11.3 Å². The van der Waals surface area contributed by atoms with Crippen LogP contribution in [0.4, 0.5) is 0 Å². The first-order chi connectivity index (χ1) is 8.97. The van der Waals surface area contributed by atoms with Gasteiger partial charge in [0, 0.05) is 25.7 Å². The lowest BCUT2D eigenvalue weighted by Gasteiger charge is -2.43. The van der Waals surface area contributed by atoms with Crippen LogP contribution in [0.15, 0.2) is 10.9 Å². The van der Waals surface area contributed by atoms with Gasteiger partial charge in [-0.2, -0.15) is 9.61 Å². The molecule has 6 nitrogen and oxygen atoms in total. The summed E-state index contributed by atoms with van der Waals surface area (Å²) in [6, 6.07) is 1.53. The van der Waals surface area contributed by atoms with Crippen molar-refractivity contribution in [3.8, 4) is 0 Å². The lowest BCUT2D eigenvalue weighted by atomic mass is 9.97. The third kappa shape index (κ3) is 2.41. The number of fused-ring (bicyclic) bond motifs is 1. The molecule has 1 aliphatic rings. The summed E-state index contributed by atoms with van der Waals surface area (Å²) in [6.07, 6.45) is 0.803. The number of nitrogens with zero attached hydrogens (tertiary/aromatic N) is 4. The summed E-state index contributed by atoms with van der Waals surface area (Å²) in [4.78, 5) is 19.1. The molecule has 3 rings (SSSR count). The summed E-state index contributed by atoms with van der Waals surface area (Å²) in [6.45, 7) is 5.66. The zero-order valence-electron chi connectivity index (χ0n) is 11.0. The van der Waals surface area contributed by atoms with Gasteiger partial charge in [-0.05, 0) is 13.3 Å². The Balaban J connectivity index is 1.87. The van der Waals surface area contributed by atoms with Crippen LogP contribution < -0.4 is 5.56 Å². The minimum atomic E-state index is -0.598. The van der Waals surface area contributed by atoms with Crippen molar-refractivity contribution in [1.29, 1.82) is 0 Å². The third-order valence-electron chi connectivity index (χ3n) is 3.16. The zero-order chi connectivity index (χ0) is 13.6. The predicted molar refractivity (Wildman–Crippen MR) is 72.4 cm³/mol. The quantitative estimate of drug-likeness (QED) is 0.874. The van der Waals surface area contributed by atoms with E-state index >= 15 is 0 Å². The van der Waals surface area contributed by atoms with Crippen LogP contribution in [0, 0.1) is 0 Å². The summed E-state index contributed by atoms with van der Waals surface area (Å²) in [5, 5.41) is 14.8. The van der Waals surface area contributed by atoms with Crippen molar-refractivity contribution in [1.82, 2.24) is 19.5 Å². The number of aromatic nitrogens is 3. The monoisotopic (exact) mass is 280 g/mol. The highest BCUT2D eigenvalue weighted by molar-refractivity contribution is 7.16. The van der Waals surface area contributed by atoms with E-state index in [4.69, 9.17) is 0 Å². The first kappa shape index (κ1) is 12.7. The number of hydrogen-bond acceptors (Lipinski definition) is 6. The number of likely N-dealkylation sites (tertiary alicyclic amines) is 1. The SMILES string of the molecule is CCc1nn2c(=O)cc(CN3CC(C)(O)C3)nc2s1. The summed E-state index contributed by atoms with van der Waals surface area (Å²) in [5.41, 5.74) is 0.00831. The van der Waals surface area contributed by atoms with E-state index in [-0.39, 0.29) is 5.56 Å². The fourth-order valence-corrected chi connectivity index (χ4v) is 3.24. The average molecular weight is 280 g/mol. The highest BCUT2D eigenvalue weighted by Gasteiger charge is 2.36. The smallest absolute Gasteiger partial charge is 0.275 e. The summed E-state index contributed by atoms with van der Waals surface area (Å²) in [7, 11) is 0. The molecule has 2 aromatic rings. The van der Waals surface area contributed by atoms with Gasteiger partial charge < -0.3 is 5.11 Å². The maximum atomic E-state index is 11.9. The van der Waals surface area contributed by atoms with Crippen LogP contribution in [-0.2, 0) is 13.0 Å². The standard InChI is InChI=1S/C12H16N4O2S/c1-3-9-14-16-10(17)4-8(13-11(16)19-9)5-15-6-12(2,18)7-15/h4,18H,3,5-7H2,1-2H3. The lowest BCUT2D eigenvalue weighted by molar-refractivity contribution is -0.0875. The van der Waals surface area contributed by atoms with E-state index in [0.717, 1.165) is 17.1 Å². The maximum absolute atomic E-state index is 11.9. The van der Waals surface area contributed by atoms with E-state index in [1.807, 2.05) is 13.8 Å². The highest BCUT2D eigenvalue weighted by atomic mass is 32.1. The average Bonchev–Trinajstić information content (AvgIpc) is 2.70. The van der Waals surface area contributed by atoms with Crippen LogP contribution in [-0.4, -0.2) is 43.3 Å². The first-order valence-corrected chi connectivity index (χ1v) is 7.12. The second-order valence-electron chi connectivity index (χ2n) is 5.27. The molecule has 19 heavy (non-hydrogen) atoms. The van der Waals surface area contributed by atoms with Crippen molar-refractivity contribution in [2.45, 2.75) is 32.4 Å². The minimum absolute atomic E-state index is 0.136. The fraction of sp³-hybridized carbons (Fsp3) is 0.583. The molecule has 0 atom stereocenters. The topological polar surface area (TPSA) is 70.7 Å². The Morgan fingerprint density at radius 1 is 1.53 bits per heavy atom. The molecule has 0 saturated carbocycles. The Kier molecular flexibility index (Phi) is 2.92. The number of hydrogen-bond donors (Lipinski definition) is 1. The maximum Gasteiger partial charge on any atom is 0.275 e. The second-order valence-corrected chi connectivity index (χ2v) is 6.31. The van der Waals surface area contributed by atoms with Gasteiger partial charge >= 0.3 is 0 Å². The predicted octanol–water partition coefficient (Wildman–Crippen LogP) is 0.280. The lowest BCUT2D eigenvalue weighted by Crippen LogP contribution is -2.59. The fourth-order valence-electron chi connectivity index (χ4n) is 2.38. The van der Waals surface area contributed by atoms with Crippen LogP contribution in [0.25, 0.3) is 4.96 Å². The number of aliphatic hydroxyl groups is 1. The van der Waals surface area contributed by atoms with Crippen molar-refractivity contribution in [3.63, 3.8) is 0 Å². The molecule has 7 heteroatoms. The minimum Gasteiger partial charge on any atom is -0.388 e. The van der Waals surface area contributed by atoms with Gasteiger partial charge in [0.1, 0.15) is 5.01 Å². The molecule has 3 heterocycles. The van der Waals surface area contributed by atoms with E-state index in [1.165, 1.54) is 21.9 Å². The van der Waals surface area contributed by atoms with Gasteiger partial charge in [0.15, 0.2) is 0 Å². The van der Waals surface area contributed by atoms with Gasteiger partial charge in [0.25, 0.3) is 5.56 Å². The zero-order valence-corrected chi connectivity index (χ0v) is 11.8. The molecular weight excluding hydrogens is 264 g/mol. The second kappa shape index (κ2) is 4.36. The van der Waals surface area contributed by atoms with Crippen molar-refractivity contribution < 1.29 is 5.11 Å².